The lowest BCUT2D eigenvalue weighted by atomic mass is 10.5. The molecule has 0 spiro atoms. The van der Waals surface area contributed by atoms with Crippen LogP contribution in [0.25, 0.3) is 0 Å². The average molecular weight is 308 g/mol. The second kappa shape index (κ2) is 17.8. The summed E-state index contributed by atoms with van der Waals surface area (Å²) in [6.07, 6.45) is 0.753. The minimum Gasteiger partial charge on any atom is -0.379 e. The van der Waals surface area contributed by atoms with Gasteiger partial charge in [-0.25, -0.2) is 0 Å². The summed E-state index contributed by atoms with van der Waals surface area (Å²) < 4.78 is 32.2. The van der Waals surface area contributed by atoms with E-state index in [1.807, 2.05) is 13.8 Å². The third-order valence-corrected chi connectivity index (χ3v) is 2.42. The van der Waals surface area contributed by atoms with Crippen molar-refractivity contribution in [2.24, 2.45) is 0 Å². The van der Waals surface area contributed by atoms with E-state index in [1.54, 1.807) is 0 Å². The number of hydrogen-bond acceptors (Lipinski definition) is 6. The molecule has 0 aliphatic carbocycles. The van der Waals surface area contributed by atoms with Crippen LogP contribution in [-0.4, -0.2) is 72.4 Å². The Labute approximate surface area is 129 Å². The molecule has 0 N–H and O–H groups in total. The summed E-state index contributed by atoms with van der Waals surface area (Å²) in [6, 6.07) is 0. The van der Waals surface area contributed by atoms with E-state index >= 15 is 0 Å². The quantitative estimate of drug-likeness (QED) is 0.302. The van der Waals surface area contributed by atoms with Crippen LogP contribution in [-0.2, 0) is 28.4 Å². The van der Waals surface area contributed by atoms with Gasteiger partial charge in [-0.1, -0.05) is 6.92 Å². The van der Waals surface area contributed by atoms with Crippen molar-refractivity contribution in [2.75, 3.05) is 66.1 Å². The molecule has 0 aromatic carbocycles. The summed E-state index contributed by atoms with van der Waals surface area (Å²) >= 11 is 0. The van der Waals surface area contributed by atoms with Crippen molar-refractivity contribution in [2.45, 2.75) is 33.5 Å². The normalized spacial score (nSPS) is 11.4. The predicted molar refractivity (Wildman–Crippen MR) is 80.6 cm³/mol. The highest BCUT2D eigenvalue weighted by atomic mass is 16.7. The van der Waals surface area contributed by atoms with Crippen molar-refractivity contribution in [3.8, 4) is 0 Å². The van der Waals surface area contributed by atoms with Crippen LogP contribution >= 0.6 is 0 Å². The molecule has 0 aliphatic rings. The second-order valence-corrected chi connectivity index (χ2v) is 4.25. The van der Waals surface area contributed by atoms with Gasteiger partial charge >= 0.3 is 0 Å². The maximum absolute atomic E-state index is 5.44. The monoisotopic (exact) mass is 308 g/mol. The molecule has 0 aromatic heterocycles. The zero-order chi connectivity index (χ0) is 15.6. The molecule has 0 radical (unpaired) electrons. The Morgan fingerprint density at radius 3 is 1.43 bits per heavy atom. The third-order valence-electron chi connectivity index (χ3n) is 2.42. The summed E-state index contributed by atoms with van der Waals surface area (Å²) in [5, 5.41) is 0. The Balaban J connectivity index is 3.17. The van der Waals surface area contributed by atoms with Gasteiger partial charge in [0.2, 0.25) is 0 Å². The summed E-state index contributed by atoms with van der Waals surface area (Å²) in [5.74, 6) is 0. The molecule has 0 heterocycles. The summed E-state index contributed by atoms with van der Waals surface area (Å²) in [4.78, 5) is 0. The standard InChI is InChI=1S/C15H32O6/c1-4-7-16-8-9-17-10-11-18-12-13-19-14-15(20-5-2)21-6-3/h15H,4-14H2,1-3H3. The highest BCUT2D eigenvalue weighted by Gasteiger charge is 2.07. The fraction of sp³-hybridized carbons (Fsp3) is 1.00. The van der Waals surface area contributed by atoms with Crippen LogP contribution in [0.2, 0.25) is 0 Å². The van der Waals surface area contributed by atoms with Gasteiger partial charge < -0.3 is 28.4 Å². The molecular weight excluding hydrogens is 276 g/mol. The van der Waals surface area contributed by atoms with Crippen LogP contribution in [0.15, 0.2) is 0 Å². The molecule has 0 saturated heterocycles. The van der Waals surface area contributed by atoms with Crippen molar-refractivity contribution >= 4 is 0 Å². The summed E-state index contributed by atoms with van der Waals surface area (Å²) in [6.45, 7) is 11.9. The van der Waals surface area contributed by atoms with Gasteiger partial charge in [-0.15, -0.1) is 0 Å². The Hall–Kier alpha value is -0.240. The van der Waals surface area contributed by atoms with Crippen LogP contribution < -0.4 is 0 Å². The van der Waals surface area contributed by atoms with E-state index < -0.39 is 0 Å². The van der Waals surface area contributed by atoms with Crippen LogP contribution in [0.5, 0.6) is 0 Å². The smallest absolute Gasteiger partial charge is 0.180 e. The molecule has 0 aromatic rings. The molecule has 0 unspecified atom stereocenters. The van der Waals surface area contributed by atoms with Gasteiger partial charge in [0.1, 0.15) is 0 Å². The summed E-state index contributed by atoms with van der Waals surface area (Å²) in [7, 11) is 0. The van der Waals surface area contributed by atoms with Gasteiger partial charge in [-0.3, -0.25) is 0 Å². The molecule has 0 aliphatic heterocycles. The van der Waals surface area contributed by atoms with Crippen molar-refractivity contribution < 1.29 is 28.4 Å². The molecule has 0 saturated carbocycles. The molecule has 6 heteroatoms. The Bertz CT molecular complexity index is 185. The van der Waals surface area contributed by atoms with Gasteiger partial charge in [0.05, 0.1) is 46.2 Å². The van der Waals surface area contributed by atoms with E-state index in [0.29, 0.717) is 59.5 Å². The van der Waals surface area contributed by atoms with Crippen LogP contribution in [0.1, 0.15) is 27.2 Å². The predicted octanol–water partition coefficient (Wildman–Crippen LogP) is 1.86. The van der Waals surface area contributed by atoms with E-state index in [4.69, 9.17) is 28.4 Å². The molecule has 6 nitrogen and oxygen atoms in total. The first-order valence-corrected chi connectivity index (χ1v) is 7.89. The Morgan fingerprint density at radius 1 is 0.571 bits per heavy atom. The van der Waals surface area contributed by atoms with E-state index in [1.165, 1.54) is 0 Å². The second-order valence-electron chi connectivity index (χ2n) is 4.25. The van der Waals surface area contributed by atoms with Crippen molar-refractivity contribution in [3.05, 3.63) is 0 Å². The molecular formula is C15H32O6. The molecule has 0 amide bonds. The lowest BCUT2D eigenvalue weighted by Gasteiger charge is -2.16. The van der Waals surface area contributed by atoms with Crippen LogP contribution in [0.4, 0.5) is 0 Å². The number of rotatable bonds is 17. The Morgan fingerprint density at radius 2 is 1.00 bits per heavy atom. The molecule has 21 heavy (non-hydrogen) atoms. The highest BCUT2D eigenvalue weighted by Crippen LogP contribution is 1.96. The molecule has 0 bridgehead atoms. The number of ether oxygens (including phenoxy) is 6. The van der Waals surface area contributed by atoms with Crippen molar-refractivity contribution in [3.63, 3.8) is 0 Å². The summed E-state index contributed by atoms with van der Waals surface area (Å²) in [5.41, 5.74) is 0. The van der Waals surface area contributed by atoms with E-state index in [2.05, 4.69) is 6.92 Å². The third kappa shape index (κ3) is 16.0. The SMILES string of the molecule is CCCOCCOCCOCCOCC(OCC)OCC. The maximum atomic E-state index is 5.44. The fourth-order valence-electron chi connectivity index (χ4n) is 1.50. The van der Waals surface area contributed by atoms with Gasteiger partial charge in [-0.05, 0) is 20.3 Å². The first-order chi connectivity index (χ1) is 10.3. The fourth-order valence-corrected chi connectivity index (χ4v) is 1.50. The molecule has 0 fully saturated rings. The number of hydrogen-bond donors (Lipinski definition) is 0. The van der Waals surface area contributed by atoms with E-state index in [-0.39, 0.29) is 6.29 Å². The van der Waals surface area contributed by atoms with Crippen molar-refractivity contribution in [1.82, 2.24) is 0 Å². The minimum absolute atomic E-state index is 0.286. The topological polar surface area (TPSA) is 55.4 Å². The maximum Gasteiger partial charge on any atom is 0.180 e. The van der Waals surface area contributed by atoms with Crippen LogP contribution in [0, 0.1) is 0 Å². The molecule has 0 rings (SSSR count). The lowest BCUT2D eigenvalue weighted by Crippen LogP contribution is -2.24. The van der Waals surface area contributed by atoms with E-state index in [0.717, 1.165) is 13.0 Å². The largest absolute Gasteiger partial charge is 0.379 e. The van der Waals surface area contributed by atoms with Crippen molar-refractivity contribution in [1.29, 1.82) is 0 Å². The highest BCUT2D eigenvalue weighted by molar-refractivity contribution is 4.42. The molecule has 128 valence electrons. The minimum atomic E-state index is -0.286. The van der Waals surface area contributed by atoms with Gasteiger partial charge in [0, 0.05) is 19.8 Å². The average Bonchev–Trinajstić information content (AvgIpc) is 2.48. The van der Waals surface area contributed by atoms with E-state index in [9.17, 15) is 0 Å². The Kier molecular flexibility index (Phi) is 17.6. The van der Waals surface area contributed by atoms with Crippen LogP contribution in [0.3, 0.4) is 0 Å². The zero-order valence-electron chi connectivity index (χ0n) is 13.8. The van der Waals surface area contributed by atoms with Gasteiger partial charge in [0.25, 0.3) is 0 Å². The zero-order valence-corrected chi connectivity index (χ0v) is 13.8. The van der Waals surface area contributed by atoms with Gasteiger partial charge in [-0.2, -0.15) is 0 Å². The lowest BCUT2D eigenvalue weighted by molar-refractivity contribution is -0.169. The first kappa shape index (κ1) is 20.8. The van der Waals surface area contributed by atoms with Gasteiger partial charge in [0.15, 0.2) is 6.29 Å². The molecule has 0 atom stereocenters. The first-order valence-electron chi connectivity index (χ1n) is 7.89.